The molecule has 3 aromatic rings. The molecule has 7 heteroatoms. The summed E-state index contributed by atoms with van der Waals surface area (Å²) in [7, 11) is 3.07. The van der Waals surface area contributed by atoms with Crippen LogP contribution in [0.3, 0.4) is 0 Å². The van der Waals surface area contributed by atoms with E-state index in [1.807, 2.05) is 0 Å². The molecule has 0 radical (unpaired) electrons. The van der Waals surface area contributed by atoms with Crippen LogP contribution in [0.5, 0.6) is 11.5 Å². The minimum atomic E-state index is -0.398. The van der Waals surface area contributed by atoms with E-state index in [0.717, 1.165) is 0 Å². The SMILES string of the molecule is COc1ccc(-c2ocnc2C(=O)NCCc2ccccc2F)cc1OC. The lowest BCUT2D eigenvalue weighted by Gasteiger charge is -2.09. The van der Waals surface area contributed by atoms with Crippen LogP contribution in [-0.2, 0) is 6.42 Å². The summed E-state index contributed by atoms with van der Waals surface area (Å²) in [5, 5.41) is 2.74. The molecule has 0 aliphatic rings. The molecule has 0 saturated heterocycles. The number of hydrogen-bond donors (Lipinski definition) is 1. The normalized spacial score (nSPS) is 10.5. The minimum absolute atomic E-state index is 0.149. The van der Waals surface area contributed by atoms with E-state index < -0.39 is 5.91 Å². The molecule has 1 heterocycles. The van der Waals surface area contributed by atoms with Crippen molar-refractivity contribution in [3.63, 3.8) is 0 Å². The molecule has 0 unspecified atom stereocenters. The highest BCUT2D eigenvalue weighted by Crippen LogP contribution is 2.33. The number of methoxy groups -OCH3 is 2. The lowest BCUT2D eigenvalue weighted by molar-refractivity contribution is 0.0950. The van der Waals surface area contributed by atoms with Crippen molar-refractivity contribution in [3.05, 3.63) is 65.9 Å². The second-order valence-corrected chi connectivity index (χ2v) is 5.70. The lowest BCUT2D eigenvalue weighted by Crippen LogP contribution is -2.26. The van der Waals surface area contributed by atoms with Gasteiger partial charge in [0.05, 0.1) is 14.2 Å². The third kappa shape index (κ3) is 4.08. The Kier molecular flexibility index (Phi) is 5.71. The highest BCUT2D eigenvalue weighted by Gasteiger charge is 2.19. The molecular formula is C20H19FN2O4. The summed E-state index contributed by atoms with van der Waals surface area (Å²) in [6, 6.07) is 11.6. The van der Waals surface area contributed by atoms with Gasteiger partial charge in [-0.05, 0) is 36.2 Å². The summed E-state index contributed by atoms with van der Waals surface area (Å²) < 4.78 is 29.5. The van der Waals surface area contributed by atoms with Gasteiger partial charge in [-0.25, -0.2) is 9.37 Å². The second kappa shape index (κ2) is 8.35. The molecule has 0 atom stereocenters. The van der Waals surface area contributed by atoms with Crippen molar-refractivity contribution in [3.8, 4) is 22.8 Å². The van der Waals surface area contributed by atoms with Gasteiger partial charge >= 0.3 is 0 Å². The van der Waals surface area contributed by atoms with Gasteiger partial charge in [0, 0.05) is 12.1 Å². The average molecular weight is 370 g/mol. The lowest BCUT2D eigenvalue weighted by atomic mass is 10.1. The van der Waals surface area contributed by atoms with Crippen molar-refractivity contribution in [1.29, 1.82) is 0 Å². The third-order valence-corrected chi connectivity index (χ3v) is 4.07. The summed E-state index contributed by atoms with van der Waals surface area (Å²) in [5.74, 6) is 0.706. The highest BCUT2D eigenvalue weighted by molar-refractivity contribution is 5.97. The number of aromatic nitrogens is 1. The number of nitrogens with one attached hydrogen (secondary N) is 1. The van der Waals surface area contributed by atoms with Gasteiger partial charge in [0.1, 0.15) is 5.82 Å². The Balaban J connectivity index is 1.73. The van der Waals surface area contributed by atoms with Crippen LogP contribution in [0.2, 0.25) is 0 Å². The Labute approximate surface area is 155 Å². The van der Waals surface area contributed by atoms with Crippen LogP contribution in [0, 0.1) is 5.82 Å². The van der Waals surface area contributed by atoms with E-state index in [0.29, 0.717) is 34.8 Å². The number of halogens is 1. The first-order chi connectivity index (χ1) is 13.1. The smallest absolute Gasteiger partial charge is 0.273 e. The molecule has 1 amide bonds. The Hall–Kier alpha value is -3.35. The zero-order chi connectivity index (χ0) is 19.2. The summed E-state index contributed by atoms with van der Waals surface area (Å²) >= 11 is 0. The van der Waals surface area contributed by atoms with Gasteiger partial charge in [0.15, 0.2) is 29.3 Å². The molecule has 0 aliphatic heterocycles. The molecule has 0 saturated carbocycles. The Bertz CT molecular complexity index is 939. The second-order valence-electron chi connectivity index (χ2n) is 5.70. The first kappa shape index (κ1) is 18.4. The minimum Gasteiger partial charge on any atom is -0.493 e. The first-order valence-electron chi connectivity index (χ1n) is 8.31. The number of rotatable bonds is 7. The van der Waals surface area contributed by atoms with Gasteiger partial charge in [-0.1, -0.05) is 18.2 Å². The fourth-order valence-corrected chi connectivity index (χ4v) is 2.69. The van der Waals surface area contributed by atoms with Crippen molar-refractivity contribution in [1.82, 2.24) is 10.3 Å². The Morgan fingerprint density at radius 3 is 2.67 bits per heavy atom. The van der Waals surface area contributed by atoms with E-state index in [4.69, 9.17) is 13.9 Å². The van der Waals surface area contributed by atoms with E-state index in [1.165, 1.54) is 19.6 Å². The summed E-state index contributed by atoms with van der Waals surface area (Å²) in [5.41, 5.74) is 1.32. The van der Waals surface area contributed by atoms with E-state index >= 15 is 0 Å². The van der Waals surface area contributed by atoms with Crippen LogP contribution < -0.4 is 14.8 Å². The number of carbonyl (C=O) groups excluding carboxylic acids is 1. The van der Waals surface area contributed by atoms with Crippen molar-refractivity contribution in [2.24, 2.45) is 0 Å². The predicted octanol–water partition coefficient (Wildman–Crippen LogP) is 3.47. The maximum atomic E-state index is 13.6. The van der Waals surface area contributed by atoms with E-state index in [2.05, 4.69) is 10.3 Å². The molecule has 27 heavy (non-hydrogen) atoms. The van der Waals surface area contributed by atoms with Crippen LogP contribution in [0.15, 0.2) is 53.3 Å². The third-order valence-electron chi connectivity index (χ3n) is 4.07. The summed E-state index contributed by atoms with van der Waals surface area (Å²) in [6.45, 7) is 0.276. The maximum Gasteiger partial charge on any atom is 0.273 e. The van der Waals surface area contributed by atoms with E-state index in [-0.39, 0.29) is 18.1 Å². The van der Waals surface area contributed by atoms with Crippen molar-refractivity contribution in [2.75, 3.05) is 20.8 Å². The maximum absolute atomic E-state index is 13.6. The zero-order valence-corrected chi connectivity index (χ0v) is 15.0. The van der Waals surface area contributed by atoms with Gasteiger partial charge in [-0.15, -0.1) is 0 Å². The monoisotopic (exact) mass is 370 g/mol. The number of hydrogen-bond acceptors (Lipinski definition) is 5. The fourth-order valence-electron chi connectivity index (χ4n) is 2.69. The Morgan fingerprint density at radius 2 is 1.93 bits per heavy atom. The zero-order valence-electron chi connectivity index (χ0n) is 15.0. The predicted molar refractivity (Wildman–Crippen MR) is 97.5 cm³/mol. The standard InChI is InChI=1S/C20H19FN2O4/c1-25-16-8-7-14(11-17(16)26-2)19-18(23-12-27-19)20(24)22-10-9-13-5-3-4-6-15(13)21/h3-8,11-12H,9-10H2,1-2H3,(H,22,24). The van der Waals surface area contributed by atoms with Gasteiger partial charge in [-0.2, -0.15) is 0 Å². The summed E-state index contributed by atoms with van der Waals surface area (Å²) in [6.07, 6.45) is 1.58. The van der Waals surface area contributed by atoms with Crippen molar-refractivity contribution < 1.29 is 23.1 Å². The Morgan fingerprint density at radius 1 is 1.15 bits per heavy atom. The van der Waals surface area contributed by atoms with Crippen LogP contribution in [-0.4, -0.2) is 31.7 Å². The highest BCUT2D eigenvalue weighted by atomic mass is 19.1. The number of amides is 1. The summed E-state index contributed by atoms with van der Waals surface area (Å²) in [4.78, 5) is 16.5. The van der Waals surface area contributed by atoms with E-state index in [1.54, 1.807) is 43.5 Å². The molecule has 0 aliphatic carbocycles. The molecule has 1 N–H and O–H groups in total. The molecule has 6 nitrogen and oxygen atoms in total. The van der Waals surface area contributed by atoms with Gasteiger partial charge < -0.3 is 19.2 Å². The molecule has 0 fully saturated rings. The number of ether oxygens (including phenoxy) is 2. The van der Waals surface area contributed by atoms with Gasteiger partial charge in [-0.3, -0.25) is 4.79 Å². The number of benzene rings is 2. The number of oxazole rings is 1. The largest absolute Gasteiger partial charge is 0.493 e. The molecule has 140 valence electrons. The van der Waals surface area contributed by atoms with Gasteiger partial charge in [0.25, 0.3) is 5.91 Å². The van der Waals surface area contributed by atoms with E-state index in [9.17, 15) is 9.18 Å². The average Bonchev–Trinajstić information content (AvgIpc) is 3.18. The van der Waals surface area contributed by atoms with Crippen LogP contribution in [0.25, 0.3) is 11.3 Å². The molecule has 3 rings (SSSR count). The quantitative estimate of drug-likeness (QED) is 0.689. The topological polar surface area (TPSA) is 73.6 Å². The van der Waals surface area contributed by atoms with Crippen LogP contribution >= 0.6 is 0 Å². The van der Waals surface area contributed by atoms with Crippen molar-refractivity contribution in [2.45, 2.75) is 6.42 Å². The molecule has 0 spiro atoms. The molecule has 0 bridgehead atoms. The number of nitrogens with zero attached hydrogens (tertiary/aromatic N) is 1. The first-order valence-corrected chi connectivity index (χ1v) is 8.31. The fraction of sp³-hybridized carbons (Fsp3) is 0.200. The molecule has 2 aromatic carbocycles. The molecule has 1 aromatic heterocycles. The van der Waals surface area contributed by atoms with Gasteiger partial charge in [0.2, 0.25) is 0 Å². The number of carbonyl (C=O) groups is 1. The van der Waals surface area contributed by atoms with Crippen LogP contribution in [0.4, 0.5) is 4.39 Å². The van der Waals surface area contributed by atoms with Crippen LogP contribution in [0.1, 0.15) is 16.1 Å². The molecular weight excluding hydrogens is 351 g/mol. The van der Waals surface area contributed by atoms with Crippen molar-refractivity contribution >= 4 is 5.91 Å².